The second-order valence-corrected chi connectivity index (χ2v) is 3.97. The molecule has 0 aromatic carbocycles. The first-order valence-electron chi connectivity index (χ1n) is 4.62. The average molecular weight is 220 g/mol. The summed E-state index contributed by atoms with van der Waals surface area (Å²) in [6.45, 7) is 0.139. The van der Waals surface area contributed by atoms with Crippen LogP contribution in [0.1, 0.15) is 19.3 Å². The Morgan fingerprint density at radius 2 is 2.21 bits per heavy atom. The Balaban J connectivity index is 2.11. The van der Waals surface area contributed by atoms with E-state index in [1.807, 2.05) is 0 Å². The zero-order valence-corrected chi connectivity index (χ0v) is 8.84. The van der Waals surface area contributed by atoms with Crippen LogP contribution >= 0.6 is 11.6 Å². The van der Waals surface area contributed by atoms with Crippen LogP contribution in [0.25, 0.3) is 0 Å². The van der Waals surface area contributed by atoms with Gasteiger partial charge >= 0.3 is 5.97 Å². The predicted octanol–water partition coefficient (Wildman–Crippen LogP) is 0.683. The third kappa shape index (κ3) is 3.96. The molecule has 0 spiro atoms. The second kappa shape index (κ2) is 5.20. The fourth-order valence-corrected chi connectivity index (χ4v) is 1.24. The van der Waals surface area contributed by atoms with Crippen LogP contribution in [0.3, 0.4) is 0 Å². The Kier molecular flexibility index (Phi) is 4.20. The molecule has 1 fully saturated rings. The summed E-state index contributed by atoms with van der Waals surface area (Å²) in [5.74, 6) is -0.0117. The predicted molar refractivity (Wildman–Crippen MR) is 52.0 cm³/mol. The molecule has 0 aromatic rings. The summed E-state index contributed by atoms with van der Waals surface area (Å²) >= 11 is 5.64. The molecule has 1 atom stereocenters. The molecule has 1 saturated carbocycles. The van der Waals surface area contributed by atoms with Gasteiger partial charge in [0.1, 0.15) is 5.38 Å². The van der Waals surface area contributed by atoms with Crippen LogP contribution in [-0.2, 0) is 14.3 Å². The van der Waals surface area contributed by atoms with Crippen molar-refractivity contribution in [3.05, 3.63) is 0 Å². The minimum atomic E-state index is -0.789. The highest BCUT2D eigenvalue weighted by atomic mass is 35.5. The quantitative estimate of drug-likeness (QED) is 0.547. The number of alkyl halides is 1. The Morgan fingerprint density at radius 1 is 1.57 bits per heavy atom. The maximum Gasteiger partial charge on any atom is 0.325 e. The highest BCUT2D eigenvalue weighted by Gasteiger charge is 2.25. The van der Waals surface area contributed by atoms with E-state index in [0.717, 1.165) is 12.8 Å². The zero-order chi connectivity index (χ0) is 10.6. The maximum absolute atomic E-state index is 11.2. The normalized spacial score (nSPS) is 17.3. The number of hydrogen-bond acceptors (Lipinski definition) is 3. The number of hydrogen-bond donors (Lipinski definition) is 1. The van der Waals surface area contributed by atoms with E-state index in [1.54, 1.807) is 0 Å². The molecule has 0 saturated heterocycles. The van der Waals surface area contributed by atoms with Gasteiger partial charge in [0.25, 0.3) is 0 Å². The highest BCUT2D eigenvalue weighted by Crippen LogP contribution is 2.31. The summed E-state index contributed by atoms with van der Waals surface area (Å²) in [4.78, 5) is 22.0. The SMILES string of the molecule is COC(=O)C(Cl)CNC(=O)CC1CC1. The van der Waals surface area contributed by atoms with E-state index in [-0.39, 0.29) is 12.5 Å². The molecule has 0 aliphatic heterocycles. The van der Waals surface area contributed by atoms with Gasteiger partial charge in [0.2, 0.25) is 5.91 Å². The van der Waals surface area contributed by atoms with Crippen molar-refractivity contribution in [2.45, 2.75) is 24.6 Å². The zero-order valence-electron chi connectivity index (χ0n) is 8.09. The van der Waals surface area contributed by atoms with Crippen molar-refractivity contribution in [1.82, 2.24) is 5.32 Å². The van der Waals surface area contributed by atoms with Gasteiger partial charge in [-0.1, -0.05) is 0 Å². The molecule has 4 nitrogen and oxygen atoms in total. The lowest BCUT2D eigenvalue weighted by Crippen LogP contribution is -2.34. The molecule has 1 aliphatic rings. The van der Waals surface area contributed by atoms with Crippen LogP contribution in [0, 0.1) is 5.92 Å². The number of methoxy groups -OCH3 is 1. The second-order valence-electron chi connectivity index (χ2n) is 3.44. The first-order valence-corrected chi connectivity index (χ1v) is 5.05. The number of nitrogens with one attached hydrogen (secondary N) is 1. The first-order chi connectivity index (χ1) is 6.63. The topological polar surface area (TPSA) is 55.4 Å². The molecule has 1 unspecified atom stereocenters. The van der Waals surface area contributed by atoms with Gasteiger partial charge < -0.3 is 10.1 Å². The van der Waals surface area contributed by atoms with Crippen molar-refractivity contribution in [1.29, 1.82) is 0 Å². The number of halogens is 1. The average Bonchev–Trinajstić information content (AvgIpc) is 2.96. The summed E-state index contributed by atoms with van der Waals surface area (Å²) < 4.78 is 4.42. The van der Waals surface area contributed by atoms with Crippen LogP contribution in [0.4, 0.5) is 0 Å². The molecule has 1 aliphatic carbocycles. The number of rotatable bonds is 5. The molecule has 0 aromatic heterocycles. The fourth-order valence-electron chi connectivity index (χ4n) is 1.07. The van der Waals surface area contributed by atoms with Gasteiger partial charge in [0.15, 0.2) is 0 Å². The number of carbonyl (C=O) groups excluding carboxylic acids is 2. The molecule has 80 valence electrons. The van der Waals surface area contributed by atoms with Gasteiger partial charge in [-0.3, -0.25) is 9.59 Å². The lowest BCUT2D eigenvalue weighted by molar-refractivity contribution is -0.140. The lowest BCUT2D eigenvalue weighted by atomic mass is 10.3. The van der Waals surface area contributed by atoms with Gasteiger partial charge in [-0.05, 0) is 18.8 Å². The van der Waals surface area contributed by atoms with E-state index >= 15 is 0 Å². The third-order valence-corrected chi connectivity index (χ3v) is 2.44. The van der Waals surface area contributed by atoms with E-state index < -0.39 is 11.3 Å². The third-order valence-electron chi connectivity index (χ3n) is 2.11. The molecule has 0 bridgehead atoms. The van der Waals surface area contributed by atoms with Crippen molar-refractivity contribution in [3.8, 4) is 0 Å². The molecule has 0 heterocycles. The van der Waals surface area contributed by atoms with E-state index in [0.29, 0.717) is 12.3 Å². The molecular weight excluding hydrogens is 206 g/mol. The number of ether oxygens (including phenoxy) is 1. The molecular formula is C9H14ClNO3. The van der Waals surface area contributed by atoms with Gasteiger partial charge in [-0.15, -0.1) is 11.6 Å². The van der Waals surface area contributed by atoms with Crippen LogP contribution in [0.5, 0.6) is 0 Å². The minimum absolute atomic E-state index is 0.0398. The van der Waals surface area contributed by atoms with Gasteiger partial charge in [0, 0.05) is 13.0 Å². The van der Waals surface area contributed by atoms with Crippen LogP contribution in [0.15, 0.2) is 0 Å². The summed E-state index contributed by atoms with van der Waals surface area (Å²) in [5, 5.41) is 1.81. The van der Waals surface area contributed by atoms with Crippen molar-refractivity contribution in [3.63, 3.8) is 0 Å². The first kappa shape index (κ1) is 11.3. The largest absolute Gasteiger partial charge is 0.468 e. The van der Waals surface area contributed by atoms with Gasteiger partial charge in [0.05, 0.1) is 7.11 Å². The van der Waals surface area contributed by atoms with Crippen molar-refractivity contribution >= 4 is 23.5 Å². The summed E-state index contributed by atoms with van der Waals surface area (Å²) in [6, 6.07) is 0. The van der Waals surface area contributed by atoms with E-state index in [1.165, 1.54) is 7.11 Å². The Labute approximate surface area is 87.9 Å². The molecule has 1 amide bonds. The standard InChI is InChI=1S/C9H14ClNO3/c1-14-9(13)7(10)5-11-8(12)4-6-2-3-6/h6-7H,2-5H2,1H3,(H,11,12). The Hall–Kier alpha value is -0.770. The fraction of sp³-hybridized carbons (Fsp3) is 0.778. The summed E-state index contributed by atoms with van der Waals surface area (Å²) in [6.07, 6.45) is 2.81. The molecule has 14 heavy (non-hydrogen) atoms. The van der Waals surface area contributed by atoms with Crippen molar-refractivity contribution < 1.29 is 14.3 Å². The van der Waals surface area contributed by atoms with Crippen LogP contribution < -0.4 is 5.32 Å². The van der Waals surface area contributed by atoms with Crippen molar-refractivity contribution in [2.24, 2.45) is 5.92 Å². The number of carbonyl (C=O) groups is 2. The lowest BCUT2D eigenvalue weighted by Gasteiger charge is -2.08. The molecule has 0 radical (unpaired) electrons. The van der Waals surface area contributed by atoms with E-state index in [9.17, 15) is 9.59 Å². The van der Waals surface area contributed by atoms with Gasteiger partial charge in [-0.2, -0.15) is 0 Å². The minimum Gasteiger partial charge on any atom is -0.468 e. The molecule has 5 heteroatoms. The Morgan fingerprint density at radius 3 is 2.71 bits per heavy atom. The maximum atomic E-state index is 11.2. The Bertz CT molecular complexity index is 228. The monoisotopic (exact) mass is 219 g/mol. The molecule has 1 rings (SSSR count). The number of esters is 1. The summed E-state index contributed by atoms with van der Waals surface area (Å²) in [5.41, 5.74) is 0. The van der Waals surface area contributed by atoms with Crippen LogP contribution in [0.2, 0.25) is 0 Å². The highest BCUT2D eigenvalue weighted by molar-refractivity contribution is 6.30. The van der Waals surface area contributed by atoms with Gasteiger partial charge in [-0.25, -0.2) is 0 Å². The number of amides is 1. The van der Waals surface area contributed by atoms with Crippen LogP contribution in [-0.4, -0.2) is 30.9 Å². The van der Waals surface area contributed by atoms with Crippen molar-refractivity contribution in [2.75, 3.05) is 13.7 Å². The van der Waals surface area contributed by atoms with E-state index in [2.05, 4.69) is 10.1 Å². The van der Waals surface area contributed by atoms with E-state index in [4.69, 9.17) is 11.6 Å². The summed E-state index contributed by atoms with van der Waals surface area (Å²) in [7, 11) is 1.27. The smallest absolute Gasteiger partial charge is 0.325 e. The molecule has 1 N–H and O–H groups in total.